The van der Waals surface area contributed by atoms with Gasteiger partial charge in [0.2, 0.25) is 5.91 Å². The Morgan fingerprint density at radius 2 is 1.93 bits per heavy atom. The molecule has 0 aliphatic carbocycles. The highest BCUT2D eigenvalue weighted by molar-refractivity contribution is 5.93. The lowest BCUT2D eigenvalue weighted by Gasteiger charge is -2.08. The Kier molecular flexibility index (Phi) is 3.69. The van der Waals surface area contributed by atoms with E-state index in [1.807, 2.05) is 12.1 Å². The molecule has 14 heavy (non-hydrogen) atoms. The van der Waals surface area contributed by atoms with Gasteiger partial charge in [-0.2, -0.15) is 0 Å². The van der Waals surface area contributed by atoms with Gasteiger partial charge in [0.15, 0.2) is 0 Å². The molecule has 0 atom stereocenters. The van der Waals surface area contributed by atoms with Crippen LogP contribution in [0, 0.1) is 6.92 Å². The number of benzene rings is 1. The number of anilines is 1. The van der Waals surface area contributed by atoms with Crippen molar-refractivity contribution < 1.29 is 4.79 Å². The van der Waals surface area contributed by atoms with Crippen molar-refractivity contribution in [1.29, 1.82) is 0 Å². The van der Waals surface area contributed by atoms with E-state index in [0.717, 1.165) is 18.5 Å². The van der Waals surface area contributed by atoms with Gasteiger partial charge < -0.3 is 5.32 Å². The van der Waals surface area contributed by atoms with E-state index in [9.17, 15) is 4.79 Å². The van der Waals surface area contributed by atoms with E-state index < -0.39 is 0 Å². The van der Waals surface area contributed by atoms with E-state index in [1.165, 1.54) is 11.1 Å². The van der Waals surface area contributed by atoms with Gasteiger partial charge in [-0.3, -0.25) is 4.79 Å². The Morgan fingerprint density at radius 1 is 1.29 bits per heavy atom. The fourth-order valence-electron chi connectivity index (χ4n) is 1.54. The lowest BCUT2D eigenvalue weighted by molar-refractivity contribution is -0.112. The minimum atomic E-state index is -0.267. The van der Waals surface area contributed by atoms with Crippen LogP contribution in [0.5, 0.6) is 0 Å². The van der Waals surface area contributed by atoms with Crippen molar-refractivity contribution in [2.75, 3.05) is 5.32 Å². The Balaban J connectivity index is 2.95. The molecule has 0 spiro atoms. The third kappa shape index (κ3) is 2.59. The molecule has 0 bridgehead atoms. The van der Waals surface area contributed by atoms with E-state index in [4.69, 9.17) is 0 Å². The lowest BCUT2D eigenvalue weighted by Crippen LogP contribution is -2.06. The highest BCUT2D eigenvalue weighted by Crippen LogP contribution is 2.17. The van der Waals surface area contributed by atoms with E-state index in [0.29, 0.717) is 0 Å². The van der Waals surface area contributed by atoms with Gasteiger partial charge in [-0.05, 0) is 36.1 Å². The van der Waals surface area contributed by atoms with Crippen molar-refractivity contribution in [2.45, 2.75) is 26.7 Å². The molecular formula is C12H16NO. The van der Waals surface area contributed by atoms with Crippen LogP contribution in [0.25, 0.3) is 0 Å². The number of carbonyl (C=O) groups excluding carboxylic acids is 1. The number of hydrogen-bond acceptors (Lipinski definition) is 1. The van der Waals surface area contributed by atoms with Gasteiger partial charge in [-0.25, -0.2) is 0 Å². The molecule has 0 fully saturated rings. The van der Waals surface area contributed by atoms with Crippen molar-refractivity contribution in [3.05, 3.63) is 36.2 Å². The fraction of sp³-hybridized carbons (Fsp3) is 0.333. The molecule has 0 heterocycles. The second kappa shape index (κ2) is 4.80. The molecule has 0 unspecified atom stereocenters. The first-order valence-corrected chi connectivity index (χ1v) is 4.92. The van der Waals surface area contributed by atoms with Gasteiger partial charge in [-0.15, -0.1) is 0 Å². The summed E-state index contributed by atoms with van der Waals surface area (Å²) in [6.07, 6.45) is 2.02. The molecule has 2 heteroatoms. The Bertz CT molecular complexity index is 331. The average Bonchev–Trinajstić information content (AvgIpc) is 2.16. The van der Waals surface area contributed by atoms with E-state index in [-0.39, 0.29) is 5.91 Å². The summed E-state index contributed by atoms with van der Waals surface area (Å²) in [4.78, 5) is 10.7. The summed E-state index contributed by atoms with van der Waals surface area (Å²) >= 11 is 0. The Morgan fingerprint density at radius 3 is 2.43 bits per heavy atom. The van der Waals surface area contributed by atoms with Crippen LogP contribution >= 0.6 is 0 Å². The summed E-state index contributed by atoms with van der Waals surface area (Å²) in [5.74, 6) is -0.267. The molecule has 0 aliphatic rings. The van der Waals surface area contributed by atoms with Crippen molar-refractivity contribution in [1.82, 2.24) is 0 Å². The molecule has 1 aromatic rings. The zero-order valence-electron chi connectivity index (χ0n) is 8.76. The number of rotatable bonds is 3. The molecule has 1 aromatic carbocycles. The molecular weight excluding hydrogens is 174 g/mol. The monoisotopic (exact) mass is 190 g/mol. The summed E-state index contributed by atoms with van der Waals surface area (Å²) in [5.41, 5.74) is 3.47. The average molecular weight is 190 g/mol. The smallest absolute Gasteiger partial charge is 0.224 e. The van der Waals surface area contributed by atoms with Crippen LogP contribution < -0.4 is 5.32 Å². The topological polar surface area (TPSA) is 29.1 Å². The minimum Gasteiger partial charge on any atom is -0.326 e. The second-order valence-corrected chi connectivity index (χ2v) is 3.24. The molecule has 0 aliphatic heterocycles. The van der Waals surface area contributed by atoms with Crippen LogP contribution in [0.15, 0.2) is 18.2 Å². The van der Waals surface area contributed by atoms with E-state index >= 15 is 0 Å². The van der Waals surface area contributed by atoms with Gasteiger partial charge in [0.25, 0.3) is 0 Å². The zero-order valence-corrected chi connectivity index (χ0v) is 8.76. The van der Waals surface area contributed by atoms with Crippen molar-refractivity contribution >= 4 is 11.6 Å². The van der Waals surface area contributed by atoms with Crippen LogP contribution in [0.1, 0.15) is 25.0 Å². The molecule has 0 saturated heterocycles. The minimum absolute atomic E-state index is 0.267. The first kappa shape index (κ1) is 10.8. The van der Waals surface area contributed by atoms with Crippen LogP contribution in [-0.4, -0.2) is 5.91 Å². The quantitative estimate of drug-likeness (QED) is 0.779. The summed E-state index contributed by atoms with van der Waals surface area (Å²) in [6, 6.07) is 5.99. The van der Waals surface area contributed by atoms with Gasteiger partial charge in [-0.1, -0.05) is 19.9 Å². The van der Waals surface area contributed by atoms with Gasteiger partial charge in [0.1, 0.15) is 0 Å². The molecule has 2 nitrogen and oxygen atoms in total. The normalized spacial score (nSPS) is 9.93. The highest BCUT2D eigenvalue weighted by atomic mass is 16.1. The standard InChI is InChI=1S/C12H16NO/c1-4-10-6-7-12(13-9(3)14)8-11(10)5-2/h6-8H,3-5H2,1-2H3,(H,13,14). The lowest BCUT2D eigenvalue weighted by atomic mass is 10.0. The summed E-state index contributed by atoms with van der Waals surface area (Å²) in [6.45, 7) is 7.53. The fourth-order valence-corrected chi connectivity index (χ4v) is 1.54. The van der Waals surface area contributed by atoms with Crippen LogP contribution in [0.4, 0.5) is 5.69 Å². The highest BCUT2D eigenvalue weighted by Gasteiger charge is 2.01. The number of amides is 1. The summed E-state index contributed by atoms with van der Waals surface area (Å²) in [7, 11) is 0. The van der Waals surface area contributed by atoms with Crippen molar-refractivity contribution in [3.8, 4) is 0 Å². The summed E-state index contributed by atoms with van der Waals surface area (Å²) in [5, 5.41) is 2.68. The number of hydrogen-bond donors (Lipinski definition) is 1. The molecule has 1 radical (unpaired) electrons. The maximum Gasteiger partial charge on any atom is 0.224 e. The number of aryl methyl sites for hydroxylation is 2. The molecule has 0 saturated carbocycles. The van der Waals surface area contributed by atoms with Gasteiger partial charge in [0, 0.05) is 12.6 Å². The molecule has 75 valence electrons. The maximum absolute atomic E-state index is 10.7. The largest absolute Gasteiger partial charge is 0.326 e. The van der Waals surface area contributed by atoms with Crippen molar-refractivity contribution in [3.63, 3.8) is 0 Å². The van der Waals surface area contributed by atoms with E-state index in [2.05, 4.69) is 32.2 Å². The molecule has 0 aromatic heterocycles. The number of carbonyl (C=O) groups is 1. The van der Waals surface area contributed by atoms with Crippen LogP contribution in [0.3, 0.4) is 0 Å². The van der Waals surface area contributed by atoms with Crippen molar-refractivity contribution in [2.24, 2.45) is 0 Å². The third-order valence-electron chi connectivity index (χ3n) is 2.25. The molecule has 1 N–H and O–H groups in total. The van der Waals surface area contributed by atoms with Gasteiger partial charge in [0.05, 0.1) is 0 Å². The Labute approximate surface area is 85.3 Å². The zero-order chi connectivity index (χ0) is 10.6. The third-order valence-corrected chi connectivity index (χ3v) is 2.25. The predicted molar refractivity (Wildman–Crippen MR) is 59.2 cm³/mol. The van der Waals surface area contributed by atoms with Crippen LogP contribution in [0.2, 0.25) is 0 Å². The SMILES string of the molecule is [CH2]C(=O)Nc1ccc(CC)c(CC)c1. The van der Waals surface area contributed by atoms with E-state index in [1.54, 1.807) is 0 Å². The second-order valence-electron chi connectivity index (χ2n) is 3.24. The first-order valence-electron chi connectivity index (χ1n) is 4.92. The molecule has 1 rings (SSSR count). The maximum atomic E-state index is 10.7. The number of nitrogens with one attached hydrogen (secondary N) is 1. The molecule has 1 amide bonds. The van der Waals surface area contributed by atoms with Crippen LogP contribution in [-0.2, 0) is 17.6 Å². The predicted octanol–water partition coefficient (Wildman–Crippen LogP) is 2.58. The Hall–Kier alpha value is -1.31. The summed E-state index contributed by atoms with van der Waals surface area (Å²) < 4.78 is 0. The first-order chi connectivity index (χ1) is 6.67. The van der Waals surface area contributed by atoms with Gasteiger partial charge >= 0.3 is 0 Å².